The molecule has 2 aliphatic rings. The van der Waals surface area contributed by atoms with Gasteiger partial charge >= 0.3 is 0 Å². The van der Waals surface area contributed by atoms with E-state index in [4.69, 9.17) is 4.74 Å². The van der Waals surface area contributed by atoms with Crippen LogP contribution in [-0.2, 0) is 9.53 Å². The highest BCUT2D eigenvalue weighted by Crippen LogP contribution is 2.32. The van der Waals surface area contributed by atoms with Crippen LogP contribution in [0.4, 0.5) is 0 Å². The molecule has 0 N–H and O–H groups in total. The number of hydrogen-bond acceptors (Lipinski definition) is 3. The molecule has 2 nitrogen and oxygen atoms in total. The summed E-state index contributed by atoms with van der Waals surface area (Å²) in [4.78, 5) is 11.4. The summed E-state index contributed by atoms with van der Waals surface area (Å²) in [6.45, 7) is 0.758. The second-order valence-corrected chi connectivity index (χ2v) is 4.26. The fourth-order valence-electron chi connectivity index (χ4n) is 1.28. The Morgan fingerprint density at radius 2 is 2.27 bits per heavy atom. The van der Waals surface area contributed by atoms with Crippen molar-refractivity contribution >= 4 is 17.5 Å². The number of thioether (sulfide) groups is 1. The van der Waals surface area contributed by atoms with E-state index in [0.29, 0.717) is 11.7 Å². The molecule has 1 aliphatic carbocycles. The highest BCUT2D eigenvalue weighted by molar-refractivity contribution is 7.99. The molecule has 0 aromatic carbocycles. The van der Waals surface area contributed by atoms with Crippen molar-refractivity contribution in [1.29, 1.82) is 0 Å². The Bertz CT molecular complexity index is 159. The van der Waals surface area contributed by atoms with Gasteiger partial charge < -0.3 is 4.74 Å². The third kappa shape index (κ3) is 1.76. The lowest BCUT2D eigenvalue weighted by molar-refractivity contribution is -0.130. The van der Waals surface area contributed by atoms with Crippen LogP contribution in [0.5, 0.6) is 0 Å². The number of ether oxygens (including phenoxy) is 1. The molecule has 1 aliphatic heterocycles. The van der Waals surface area contributed by atoms with Gasteiger partial charge in [-0.25, -0.2) is 0 Å². The normalized spacial score (nSPS) is 31.8. The number of rotatable bonds is 2. The van der Waals surface area contributed by atoms with Gasteiger partial charge in [-0.05, 0) is 12.8 Å². The molecular formula is C8H12O2S. The largest absolute Gasteiger partial charge is 0.369 e. The van der Waals surface area contributed by atoms with Crippen LogP contribution in [0.1, 0.15) is 12.8 Å². The van der Waals surface area contributed by atoms with Gasteiger partial charge in [-0.3, -0.25) is 4.79 Å². The number of Topliss-reactive ketones (excluding diaryl/α,β-unsaturated/α-hetero) is 1. The predicted octanol–water partition coefficient (Wildman–Crippen LogP) is 1.10. The molecule has 1 unspecified atom stereocenters. The molecular weight excluding hydrogens is 160 g/mol. The van der Waals surface area contributed by atoms with Crippen molar-refractivity contribution in [3.63, 3.8) is 0 Å². The van der Waals surface area contributed by atoms with E-state index in [1.807, 2.05) is 11.8 Å². The molecule has 0 spiro atoms. The Labute approximate surface area is 70.7 Å². The van der Waals surface area contributed by atoms with E-state index in [9.17, 15) is 4.79 Å². The molecule has 1 saturated heterocycles. The number of carbonyl (C=O) groups is 1. The summed E-state index contributed by atoms with van der Waals surface area (Å²) in [6.07, 6.45) is 2.13. The highest BCUT2D eigenvalue weighted by Gasteiger charge is 2.35. The van der Waals surface area contributed by atoms with Crippen molar-refractivity contribution < 1.29 is 9.53 Å². The molecule has 0 radical (unpaired) electrons. The first-order valence-corrected chi connectivity index (χ1v) is 5.26. The third-order valence-corrected chi connectivity index (χ3v) is 3.11. The van der Waals surface area contributed by atoms with Crippen LogP contribution in [0.15, 0.2) is 0 Å². The van der Waals surface area contributed by atoms with Crippen molar-refractivity contribution in [2.45, 2.75) is 18.9 Å². The molecule has 1 saturated carbocycles. The predicted molar refractivity (Wildman–Crippen MR) is 44.8 cm³/mol. The number of hydrogen-bond donors (Lipinski definition) is 0. The van der Waals surface area contributed by atoms with E-state index in [-0.39, 0.29) is 6.10 Å². The minimum Gasteiger partial charge on any atom is -0.369 e. The molecule has 3 heteroatoms. The minimum absolute atomic E-state index is 0.0683. The molecule has 0 aromatic rings. The molecule has 2 rings (SSSR count). The standard InChI is InChI=1S/C8H12O2S/c9-8(6-1-2-6)7-5-11-4-3-10-7/h6-7H,1-5H2. The van der Waals surface area contributed by atoms with Gasteiger partial charge in [-0.1, -0.05) is 0 Å². The maximum absolute atomic E-state index is 11.4. The van der Waals surface area contributed by atoms with Crippen molar-refractivity contribution in [2.75, 3.05) is 18.1 Å². The van der Waals surface area contributed by atoms with Gasteiger partial charge in [-0.15, -0.1) is 0 Å². The van der Waals surface area contributed by atoms with Crippen molar-refractivity contribution in [2.24, 2.45) is 5.92 Å². The summed E-state index contributed by atoms with van der Waals surface area (Å²) in [5.74, 6) is 2.65. The second-order valence-electron chi connectivity index (χ2n) is 3.11. The number of carbonyl (C=O) groups excluding carboxylic acids is 1. The maximum atomic E-state index is 11.4. The zero-order chi connectivity index (χ0) is 7.68. The smallest absolute Gasteiger partial charge is 0.165 e. The van der Waals surface area contributed by atoms with Crippen LogP contribution in [0.3, 0.4) is 0 Å². The Balaban J connectivity index is 1.86. The zero-order valence-electron chi connectivity index (χ0n) is 6.41. The lowest BCUT2D eigenvalue weighted by Gasteiger charge is -2.20. The molecule has 1 heterocycles. The van der Waals surface area contributed by atoms with Crippen LogP contribution in [0.25, 0.3) is 0 Å². The van der Waals surface area contributed by atoms with Gasteiger partial charge in [0.25, 0.3) is 0 Å². The van der Waals surface area contributed by atoms with Gasteiger partial charge in [-0.2, -0.15) is 11.8 Å². The Kier molecular flexibility index (Phi) is 2.18. The zero-order valence-corrected chi connectivity index (χ0v) is 7.23. The second kappa shape index (κ2) is 3.15. The monoisotopic (exact) mass is 172 g/mol. The van der Waals surface area contributed by atoms with E-state index in [1.165, 1.54) is 0 Å². The maximum Gasteiger partial charge on any atom is 0.165 e. The minimum atomic E-state index is -0.0683. The van der Waals surface area contributed by atoms with E-state index in [2.05, 4.69) is 0 Å². The van der Waals surface area contributed by atoms with Crippen molar-refractivity contribution in [1.82, 2.24) is 0 Å². The van der Waals surface area contributed by atoms with Gasteiger partial charge in [0.15, 0.2) is 5.78 Å². The molecule has 2 fully saturated rings. The lowest BCUT2D eigenvalue weighted by Crippen LogP contribution is -2.32. The summed E-state index contributed by atoms with van der Waals surface area (Å²) < 4.78 is 5.37. The molecule has 0 amide bonds. The fourth-order valence-corrected chi connectivity index (χ4v) is 2.14. The van der Waals surface area contributed by atoms with Crippen molar-refractivity contribution in [3.8, 4) is 0 Å². The fraction of sp³-hybridized carbons (Fsp3) is 0.875. The van der Waals surface area contributed by atoms with Gasteiger partial charge in [0, 0.05) is 17.4 Å². The summed E-state index contributed by atoms with van der Waals surface area (Å²) >= 11 is 1.83. The Morgan fingerprint density at radius 1 is 1.45 bits per heavy atom. The van der Waals surface area contributed by atoms with Gasteiger partial charge in [0.2, 0.25) is 0 Å². The van der Waals surface area contributed by atoms with Crippen LogP contribution in [-0.4, -0.2) is 30.0 Å². The summed E-state index contributed by atoms with van der Waals surface area (Å²) in [7, 11) is 0. The molecule has 1 atom stereocenters. The first kappa shape index (κ1) is 7.62. The van der Waals surface area contributed by atoms with E-state index in [1.54, 1.807) is 0 Å². The Hall–Kier alpha value is -0.0200. The number of ketones is 1. The van der Waals surface area contributed by atoms with Crippen molar-refractivity contribution in [3.05, 3.63) is 0 Å². The van der Waals surface area contributed by atoms with Crippen LogP contribution in [0.2, 0.25) is 0 Å². The quantitative estimate of drug-likeness (QED) is 0.624. The average molecular weight is 172 g/mol. The van der Waals surface area contributed by atoms with Gasteiger partial charge in [0.1, 0.15) is 6.10 Å². The van der Waals surface area contributed by atoms with Crippen LogP contribution >= 0.6 is 11.8 Å². The average Bonchev–Trinajstić information content (AvgIpc) is 2.87. The topological polar surface area (TPSA) is 26.3 Å². The van der Waals surface area contributed by atoms with Crippen LogP contribution in [0, 0.1) is 5.92 Å². The van der Waals surface area contributed by atoms with E-state index in [0.717, 1.165) is 31.0 Å². The first-order chi connectivity index (χ1) is 5.38. The summed E-state index contributed by atoms with van der Waals surface area (Å²) in [5, 5.41) is 0. The SMILES string of the molecule is O=C(C1CC1)C1CSCCO1. The van der Waals surface area contributed by atoms with Gasteiger partial charge in [0.05, 0.1) is 6.61 Å². The van der Waals surface area contributed by atoms with E-state index < -0.39 is 0 Å². The first-order valence-electron chi connectivity index (χ1n) is 4.11. The highest BCUT2D eigenvalue weighted by atomic mass is 32.2. The van der Waals surface area contributed by atoms with Crippen LogP contribution < -0.4 is 0 Å². The van der Waals surface area contributed by atoms with E-state index >= 15 is 0 Å². The molecule has 0 bridgehead atoms. The summed E-state index contributed by atoms with van der Waals surface area (Å²) in [6, 6.07) is 0. The Morgan fingerprint density at radius 3 is 2.82 bits per heavy atom. The molecule has 0 aromatic heterocycles. The third-order valence-electron chi connectivity index (χ3n) is 2.11. The summed E-state index contributed by atoms with van der Waals surface area (Å²) in [5.41, 5.74) is 0. The molecule has 62 valence electrons. The lowest BCUT2D eigenvalue weighted by atomic mass is 10.2. The molecule has 11 heavy (non-hydrogen) atoms.